The van der Waals surface area contributed by atoms with E-state index in [9.17, 15) is 19.8 Å². The molecule has 10 heteroatoms. The summed E-state index contributed by atoms with van der Waals surface area (Å²) in [7, 11) is 0. The van der Waals surface area contributed by atoms with Gasteiger partial charge in [-0.2, -0.15) is 0 Å². The average Bonchev–Trinajstić information content (AvgIpc) is 2.75. The van der Waals surface area contributed by atoms with Gasteiger partial charge in [-0.25, -0.2) is 9.79 Å². The van der Waals surface area contributed by atoms with Crippen molar-refractivity contribution >= 4 is 18.3 Å². The second-order valence-electron chi connectivity index (χ2n) is 5.42. The van der Waals surface area contributed by atoms with Crippen LogP contribution in [0.2, 0.25) is 0 Å². The number of urea groups is 1. The lowest BCUT2D eigenvalue weighted by atomic mass is 10.1. The van der Waals surface area contributed by atoms with E-state index >= 15 is 0 Å². The molecule has 0 spiro atoms. The lowest BCUT2D eigenvalue weighted by Crippen LogP contribution is -2.59. The van der Waals surface area contributed by atoms with Gasteiger partial charge in [-0.05, 0) is 0 Å². The maximum atomic E-state index is 12.0. The number of aliphatic hydroxyl groups is 3. The molecule has 2 heterocycles. The van der Waals surface area contributed by atoms with Gasteiger partial charge >= 0.3 is 6.03 Å². The first kappa shape index (κ1) is 16.6. The van der Waals surface area contributed by atoms with Gasteiger partial charge in [0.05, 0.1) is 6.61 Å². The van der Waals surface area contributed by atoms with E-state index in [1.54, 1.807) is 13.8 Å². The van der Waals surface area contributed by atoms with E-state index in [-0.39, 0.29) is 11.8 Å². The van der Waals surface area contributed by atoms with Crippen LogP contribution in [0.25, 0.3) is 0 Å². The summed E-state index contributed by atoms with van der Waals surface area (Å²) in [6.45, 7) is 2.92. The Morgan fingerprint density at radius 2 is 2.18 bits per heavy atom. The predicted octanol–water partition coefficient (Wildman–Crippen LogP) is -2.47. The molecule has 1 fully saturated rings. The van der Waals surface area contributed by atoms with Crippen LogP contribution in [0.1, 0.15) is 13.8 Å². The van der Waals surface area contributed by atoms with Crippen LogP contribution in [-0.4, -0.2) is 75.9 Å². The summed E-state index contributed by atoms with van der Waals surface area (Å²) < 4.78 is 5.24. The molecule has 5 atom stereocenters. The number of aliphatic hydroxyl groups excluding tert-OH is 3. The van der Waals surface area contributed by atoms with Crippen LogP contribution < -0.4 is 10.6 Å². The number of ether oxygens (including phenoxy) is 1. The van der Waals surface area contributed by atoms with E-state index in [0.29, 0.717) is 0 Å². The molecular weight excluding hydrogens is 296 g/mol. The quantitative estimate of drug-likeness (QED) is 0.389. The van der Waals surface area contributed by atoms with Crippen molar-refractivity contribution in [1.82, 2.24) is 15.5 Å². The Kier molecular flexibility index (Phi) is 4.96. The minimum Gasteiger partial charge on any atom is -0.394 e. The van der Waals surface area contributed by atoms with Crippen LogP contribution in [0, 0.1) is 5.92 Å². The molecule has 1 saturated heterocycles. The van der Waals surface area contributed by atoms with E-state index in [1.165, 1.54) is 0 Å². The molecule has 0 radical (unpaired) electrons. The topological polar surface area (TPSA) is 144 Å². The van der Waals surface area contributed by atoms with Crippen LogP contribution in [-0.2, 0) is 9.53 Å². The summed E-state index contributed by atoms with van der Waals surface area (Å²) in [5, 5.41) is 33.5. The van der Waals surface area contributed by atoms with Crippen molar-refractivity contribution in [1.29, 1.82) is 0 Å². The van der Waals surface area contributed by atoms with Gasteiger partial charge in [-0.1, -0.05) is 13.8 Å². The first-order valence-corrected chi connectivity index (χ1v) is 6.90. The maximum absolute atomic E-state index is 12.0. The fraction of sp³-hybridized carbons (Fsp3) is 0.750. The van der Waals surface area contributed by atoms with Crippen molar-refractivity contribution in [2.75, 3.05) is 6.61 Å². The van der Waals surface area contributed by atoms with Crippen molar-refractivity contribution in [3.63, 3.8) is 0 Å². The molecule has 2 rings (SSSR count). The monoisotopic (exact) mass is 316 g/mol. The minimum atomic E-state index is -1.38. The van der Waals surface area contributed by atoms with Crippen molar-refractivity contribution in [3.05, 3.63) is 0 Å². The molecule has 5 N–H and O–H groups in total. The zero-order chi connectivity index (χ0) is 16.4. The Hall–Kier alpha value is -1.75. The highest BCUT2D eigenvalue weighted by molar-refractivity contribution is 5.89. The molecule has 2 aliphatic heterocycles. The van der Waals surface area contributed by atoms with Gasteiger partial charge in [0.2, 0.25) is 12.2 Å². The smallest absolute Gasteiger partial charge is 0.327 e. The summed E-state index contributed by atoms with van der Waals surface area (Å²) in [6.07, 6.45) is -4.64. The third kappa shape index (κ3) is 3.19. The number of carbonyl (C=O) groups excluding carboxylic acids is 2. The number of amides is 3. The third-order valence-corrected chi connectivity index (χ3v) is 3.43. The molecule has 22 heavy (non-hydrogen) atoms. The Labute approximate surface area is 126 Å². The Balaban J connectivity index is 2.03. The molecule has 0 aromatic rings. The lowest BCUT2D eigenvalue weighted by molar-refractivity contribution is -0.124. The fourth-order valence-corrected chi connectivity index (χ4v) is 2.09. The lowest BCUT2D eigenvalue weighted by Gasteiger charge is -2.32. The first-order valence-electron chi connectivity index (χ1n) is 6.90. The van der Waals surface area contributed by atoms with Gasteiger partial charge in [0.25, 0.3) is 0 Å². The van der Waals surface area contributed by atoms with Gasteiger partial charge < -0.3 is 25.4 Å². The molecule has 124 valence electrons. The minimum absolute atomic E-state index is 0.259. The number of nitrogens with one attached hydrogen (secondary N) is 2. The number of nitrogens with zero attached hydrogens (tertiary/aromatic N) is 2. The van der Waals surface area contributed by atoms with Gasteiger partial charge in [0.15, 0.2) is 6.23 Å². The molecule has 0 saturated carbocycles. The van der Waals surface area contributed by atoms with E-state index in [1.807, 2.05) is 0 Å². The molecule has 10 nitrogen and oxygen atoms in total. The zero-order valence-electron chi connectivity index (χ0n) is 12.2. The Morgan fingerprint density at radius 3 is 2.68 bits per heavy atom. The number of carbonyl (C=O) groups is 2. The third-order valence-electron chi connectivity index (χ3n) is 3.43. The molecule has 0 aromatic heterocycles. The highest BCUT2D eigenvalue weighted by Crippen LogP contribution is 2.24. The average molecular weight is 316 g/mol. The van der Waals surface area contributed by atoms with E-state index in [0.717, 1.165) is 11.2 Å². The van der Waals surface area contributed by atoms with Crippen LogP contribution in [0.3, 0.4) is 0 Å². The number of hydrogen-bond donors (Lipinski definition) is 5. The van der Waals surface area contributed by atoms with Crippen molar-refractivity contribution in [3.8, 4) is 0 Å². The van der Waals surface area contributed by atoms with Gasteiger partial charge in [-0.3, -0.25) is 15.0 Å². The molecule has 3 amide bonds. The van der Waals surface area contributed by atoms with Crippen molar-refractivity contribution in [2.24, 2.45) is 10.9 Å². The maximum Gasteiger partial charge on any atom is 0.327 e. The standard InChI is InChI=1S/C12H20N4O6/c1-5(2)9(20)14-11-13-4-16(12(21)15-11)10-8(19)7(18)6(3-17)22-10/h4-8,10-11,17-19H,3H2,1-2H3,(H,14,20)(H,15,21)/t6-,7-,8-,10-,11?/m1/s1. The Bertz CT molecular complexity index is 471. The first-order chi connectivity index (χ1) is 10.3. The zero-order valence-corrected chi connectivity index (χ0v) is 12.2. The molecule has 1 unspecified atom stereocenters. The molecule has 2 aliphatic rings. The van der Waals surface area contributed by atoms with E-state index < -0.39 is 43.5 Å². The predicted molar refractivity (Wildman–Crippen MR) is 73.4 cm³/mol. The van der Waals surface area contributed by atoms with Crippen LogP contribution in [0.5, 0.6) is 0 Å². The molecule has 0 aliphatic carbocycles. The van der Waals surface area contributed by atoms with E-state index in [4.69, 9.17) is 9.84 Å². The SMILES string of the molecule is CC(C)C(=O)NC1N=CN([C@@H]2O[C@H](CO)[C@@H](O)[C@H]2O)C(=O)N1. The second kappa shape index (κ2) is 6.57. The van der Waals surface area contributed by atoms with Crippen LogP contribution in [0.15, 0.2) is 4.99 Å². The number of hydrogen-bond acceptors (Lipinski definition) is 7. The highest BCUT2D eigenvalue weighted by Gasteiger charge is 2.47. The van der Waals surface area contributed by atoms with Crippen LogP contribution in [0.4, 0.5) is 4.79 Å². The van der Waals surface area contributed by atoms with Crippen molar-refractivity contribution < 1.29 is 29.6 Å². The van der Waals surface area contributed by atoms with Gasteiger partial charge in [0, 0.05) is 5.92 Å². The summed E-state index contributed by atoms with van der Waals surface area (Å²) >= 11 is 0. The van der Waals surface area contributed by atoms with Gasteiger partial charge in [-0.15, -0.1) is 0 Å². The molecule has 0 bridgehead atoms. The normalized spacial score (nSPS) is 34.9. The van der Waals surface area contributed by atoms with Crippen LogP contribution >= 0.6 is 0 Å². The Morgan fingerprint density at radius 1 is 1.50 bits per heavy atom. The summed E-state index contributed by atoms with van der Waals surface area (Å²) in [4.78, 5) is 28.5. The molecular formula is C12H20N4O6. The second-order valence-corrected chi connectivity index (χ2v) is 5.42. The largest absolute Gasteiger partial charge is 0.394 e. The van der Waals surface area contributed by atoms with E-state index in [2.05, 4.69) is 15.6 Å². The number of rotatable bonds is 4. The fourth-order valence-electron chi connectivity index (χ4n) is 2.09. The summed E-state index contributed by atoms with van der Waals surface area (Å²) in [6, 6.07) is -0.654. The number of aliphatic imine (C=N–C) groups is 1. The molecule has 0 aromatic carbocycles. The van der Waals surface area contributed by atoms with Crippen molar-refractivity contribution in [2.45, 2.75) is 44.7 Å². The summed E-state index contributed by atoms with van der Waals surface area (Å²) in [5.41, 5.74) is 0. The summed E-state index contributed by atoms with van der Waals surface area (Å²) in [5.74, 6) is -0.533. The highest BCUT2D eigenvalue weighted by atomic mass is 16.6. The van der Waals surface area contributed by atoms with Gasteiger partial charge in [0.1, 0.15) is 24.7 Å².